The summed E-state index contributed by atoms with van der Waals surface area (Å²) in [5, 5.41) is 0. The van der Waals surface area contributed by atoms with Gasteiger partial charge in [-0.25, -0.2) is 0 Å². The van der Waals surface area contributed by atoms with E-state index in [0.717, 1.165) is 89.9 Å². The van der Waals surface area contributed by atoms with Gasteiger partial charge in [0.25, 0.3) is 0 Å². The molecule has 0 saturated heterocycles. The van der Waals surface area contributed by atoms with Crippen LogP contribution in [0.25, 0.3) is 0 Å². The van der Waals surface area contributed by atoms with Gasteiger partial charge in [0.15, 0.2) is 6.10 Å². The van der Waals surface area contributed by atoms with Crippen molar-refractivity contribution in [3.63, 3.8) is 0 Å². The molecule has 0 aliphatic heterocycles. The normalized spacial score (nSPS) is 12.8. The van der Waals surface area contributed by atoms with Crippen molar-refractivity contribution >= 4 is 17.9 Å². The molecular weight excluding hydrogens is 829 g/mol. The molecule has 0 fully saturated rings. The van der Waals surface area contributed by atoms with Gasteiger partial charge in [0, 0.05) is 19.3 Å². The fraction of sp³-hybridized carbons (Fsp3) is 0.689. The Labute approximate surface area is 413 Å². The van der Waals surface area contributed by atoms with Crippen molar-refractivity contribution in [1.82, 2.24) is 0 Å². The number of rotatable bonds is 49. The lowest BCUT2D eigenvalue weighted by atomic mass is 10.1. The first-order valence-corrected chi connectivity index (χ1v) is 27.7. The molecule has 382 valence electrons. The van der Waals surface area contributed by atoms with Crippen LogP contribution in [0.2, 0.25) is 0 Å². The van der Waals surface area contributed by atoms with E-state index in [4.69, 9.17) is 14.2 Å². The Hall–Kier alpha value is -3.67. The zero-order chi connectivity index (χ0) is 48.6. The summed E-state index contributed by atoms with van der Waals surface area (Å²) < 4.78 is 16.8. The average molecular weight is 931 g/mol. The summed E-state index contributed by atoms with van der Waals surface area (Å²) in [6.07, 6.45) is 72.6. The predicted molar refractivity (Wildman–Crippen MR) is 288 cm³/mol. The first-order chi connectivity index (χ1) is 33.0. The van der Waals surface area contributed by atoms with E-state index in [9.17, 15) is 14.4 Å². The number of esters is 3. The van der Waals surface area contributed by atoms with Crippen LogP contribution in [0.15, 0.2) is 97.2 Å². The second kappa shape index (κ2) is 54.9. The third-order valence-electron chi connectivity index (χ3n) is 11.6. The zero-order valence-corrected chi connectivity index (χ0v) is 43.6. The molecule has 0 amide bonds. The molecule has 0 rings (SSSR count). The molecule has 67 heavy (non-hydrogen) atoms. The van der Waals surface area contributed by atoms with Crippen LogP contribution in [0.5, 0.6) is 0 Å². The highest BCUT2D eigenvalue weighted by Crippen LogP contribution is 2.14. The highest BCUT2D eigenvalue weighted by molar-refractivity contribution is 5.71. The molecule has 0 saturated carbocycles. The number of carbonyl (C=O) groups excluding carboxylic acids is 3. The van der Waals surface area contributed by atoms with Crippen LogP contribution < -0.4 is 0 Å². The minimum Gasteiger partial charge on any atom is -0.462 e. The van der Waals surface area contributed by atoms with Crippen LogP contribution >= 0.6 is 0 Å². The fourth-order valence-electron chi connectivity index (χ4n) is 7.40. The van der Waals surface area contributed by atoms with Gasteiger partial charge < -0.3 is 14.2 Å². The van der Waals surface area contributed by atoms with Crippen molar-refractivity contribution in [1.29, 1.82) is 0 Å². The van der Waals surface area contributed by atoms with Gasteiger partial charge in [-0.05, 0) is 109 Å². The van der Waals surface area contributed by atoms with E-state index in [1.807, 2.05) is 6.08 Å². The summed E-state index contributed by atoms with van der Waals surface area (Å²) in [6, 6.07) is 0. The van der Waals surface area contributed by atoms with E-state index in [-0.39, 0.29) is 37.5 Å². The SMILES string of the molecule is CC/C=C\C/C=C\C/C=C\C/C=C\C/C=C\C/C=C\CCC(=O)OC[C@H](COC(=O)CCCCCCCCC/C=C\CCCCCCCC)OC(=O)CCCCCCC/C=C\CCCCCC. The maximum Gasteiger partial charge on any atom is 0.306 e. The Morgan fingerprint density at radius 1 is 0.313 bits per heavy atom. The van der Waals surface area contributed by atoms with Gasteiger partial charge in [0.1, 0.15) is 13.2 Å². The number of hydrogen-bond acceptors (Lipinski definition) is 6. The van der Waals surface area contributed by atoms with Gasteiger partial charge in [-0.3, -0.25) is 14.4 Å². The van der Waals surface area contributed by atoms with Crippen LogP contribution in [-0.4, -0.2) is 37.2 Å². The summed E-state index contributed by atoms with van der Waals surface area (Å²) in [7, 11) is 0. The third kappa shape index (κ3) is 53.2. The van der Waals surface area contributed by atoms with Crippen molar-refractivity contribution in [2.75, 3.05) is 13.2 Å². The van der Waals surface area contributed by atoms with Crippen LogP contribution in [0.3, 0.4) is 0 Å². The van der Waals surface area contributed by atoms with E-state index < -0.39 is 6.10 Å². The minimum absolute atomic E-state index is 0.107. The Balaban J connectivity index is 4.50. The van der Waals surface area contributed by atoms with Crippen LogP contribution in [0.4, 0.5) is 0 Å². The fourth-order valence-corrected chi connectivity index (χ4v) is 7.40. The van der Waals surface area contributed by atoms with Crippen molar-refractivity contribution in [2.45, 2.75) is 258 Å². The second-order valence-corrected chi connectivity index (χ2v) is 18.1. The molecule has 0 aromatic rings. The summed E-state index contributed by atoms with van der Waals surface area (Å²) in [6.45, 7) is 6.43. The first-order valence-electron chi connectivity index (χ1n) is 27.7. The van der Waals surface area contributed by atoms with Crippen molar-refractivity contribution < 1.29 is 28.6 Å². The van der Waals surface area contributed by atoms with E-state index in [1.54, 1.807) is 0 Å². The molecule has 0 N–H and O–H groups in total. The van der Waals surface area contributed by atoms with Crippen molar-refractivity contribution in [3.8, 4) is 0 Å². The predicted octanol–water partition coefficient (Wildman–Crippen LogP) is 18.5. The van der Waals surface area contributed by atoms with Gasteiger partial charge in [0.05, 0.1) is 0 Å². The molecule has 0 spiro atoms. The lowest BCUT2D eigenvalue weighted by molar-refractivity contribution is -0.166. The van der Waals surface area contributed by atoms with Crippen molar-refractivity contribution in [3.05, 3.63) is 97.2 Å². The molecule has 1 atom stereocenters. The highest BCUT2D eigenvalue weighted by atomic mass is 16.6. The van der Waals surface area contributed by atoms with Gasteiger partial charge in [-0.2, -0.15) is 0 Å². The molecule has 0 aromatic carbocycles. The Kier molecular flexibility index (Phi) is 51.9. The molecule has 6 heteroatoms. The molecule has 6 nitrogen and oxygen atoms in total. The molecule has 0 radical (unpaired) electrons. The van der Waals surface area contributed by atoms with Crippen molar-refractivity contribution in [2.24, 2.45) is 0 Å². The van der Waals surface area contributed by atoms with Crippen LogP contribution in [0.1, 0.15) is 252 Å². The largest absolute Gasteiger partial charge is 0.462 e. The number of carbonyl (C=O) groups is 3. The van der Waals surface area contributed by atoms with Gasteiger partial charge in [0.2, 0.25) is 0 Å². The van der Waals surface area contributed by atoms with E-state index in [2.05, 4.69) is 112 Å². The standard InChI is InChI=1S/C61H102O6/c1-4-7-10-13-16-19-22-25-27-29-30-32-34-37-39-42-45-48-51-54-60(63)66-57-58(67-61(64)55-52-49-46-43-40-35-24-21-18-15-12-9-6-3)56-65-59(62)53-50-47-44-41-38-36-33-31-28-26-23-20-17-14-11-8-5-2/h7,10,16,19,21,24-28,30,32,37,39,45,48,58H,4-6,8-9,11-15,17-18,20,22-23,29,31,33-36,38,40-44,46-47,49-57H2,1-3H3/b10-7-,19-16-,24-21-,27-25-,28-26-,32-30-,39-37-,48-45-/t58-/m0/s1. The quantitative estimate of drug-likeness (QED) is 0.0262. The third-order valence-corrected chi connectivity index (χ3v) is 11.6. The van der Waals surface area contributed by atoms with Gasteiger partial charge >= 0.3 is 17.9 Å². The van der Waals surface area contributed by atoms with Gasteiger partial charge in [-0.15, -0.1) is 0 Å². The van der Waals surface area contributed by atoms with E-state index in [0.29, 0.717) is 19.3 Å². The monoisotopic (exact) mass is 931 g/mol. The maximum atomic E-state index is 12.8. The average Bonchev–Trinajstić information content (AvgIpc) is 3.33. The first kappa shape index (κ1) is 63.3. The summed E-state index contributed by atoms with van der Waals surface area (Å²) in [4.78, 5) is 38.0. The topological polar surface area (TPSA) is 78.9 Å². The number of hydrogen-bond donors (Lipinski definition) is 0. The molecule has 0 unspecified atom stereocenters. The molecule has 0 bridgehead atoms. The number of allylic oxidation sites excluding steroid dienone is 16. The van der Waals surface area contributed by atoms with E-state index >= 15 is 0 Å². The lowest BCUT2D eigenvalue weighted by Gasteiger charge is -2.18. The second-order valence-electron chi connectivity index (χ2n) is 18.1. The van der Waals surface area contributed by atoms with Crippen LogP contribution in [-0.2, 0) is 28.6 Å². The lowest BCUT2D eigenvalue weighted by Crippen LogP contribution is -2.30. The Bertz CT molecular complexity index is 1350. The maximum absolute atomic E-state index is 12.8. The summed E-state index contributed by atoms with van der Waals surface area (Å²) in [5.41, 5.74) is 0. The number of ether oxygens (including phenoxy) is 3. The van der Waals surface area contributed by atoms with Gasteiger partial charge in [-0.1, -0.05) is 221 Å². The minimum atomic E-state index is -0.814. The van der Waals surface area contributed by atoms with E-state index in [1.165, 1.54) is 116 Å². The Morgan fingerprint density at radius 3 is 1.01 bits per heavy atom. The molecule has 0 aliphatic carbocycles. The molecular formula is C61H102O6. The number of unbranched alkanes of at least 4 members (excludes halogenated alkanes) is 22. The Morgan fingerprint density at radius 2 is 0.612 bits per heavy atom. The summed E-state index contributed by atoms with van der Waals surface area (Å²) in [5.74, 6) is -1.01. The molecule has 0 heterocycles. The summed E-state index contributed by atoms with van der Waals surface area (Å²) >= 11 is 0. The smallest absolute Gasteiger partial charge is 0.306 e. The molecule has 0 aliphatic rings. The zero-order valence-electron chi connectivity index (χ0n) is 43.6. The van der Waals surface area contributed by atoms with Crippen LogP contribution in [0, 0.1) is 0 Å². The molecule has 0 aromatic heterocycles. The highest BCUT2D eigenvalue weighted by Gasteiger charge is 2.19.